The third-order valence-electron chi connectivity index (χ3n) is 3.68. The Balaban J connectivity index is 2.34. The number of halogens is 3. The lowest BCUT2D eigenvalue weighted by Crippen LogP contribution is -1.93. The summed E-state index contributed by atoms with van der Waals surface area (Å²) in [5.41, 5.74) is 5.24. The molecule has 0 radical (unpaired) electrons. The molecule has 0 spiro atoms. The summed E-state index contributed by atoms with van der Waals surface area (Å²) in [4.78, 5) is 0. The Morgan fingerprint density at radius 1 is 0.762 bits per heavy atom. The summed E-state index contributed by atoms with van der Waals surface area (Å²) in [6.45, 7) is 0. The molecule has 0 aliphatic rings. The molecule has 0 N–H and O–H groups in total. The van der Waals surface area contributed by atoms with Gasteiger partial charge in [0, 0.05) is 15.1 Å². The van der Waals surface area contributed by atoms with Crippen molar-refractivity contribution in [3.8, 4) is 11.1 Å². The van der Waals surface area contributed by atoms with E-state index in [2.05, 4.69) is 102 Å². The van der Waals surface area contributed by atoms with E-state index in [0.717, 1.165) is 15.1 Å². The second-order valence-electron chi connectivity index (χ2n) is 4.88. The lowest BCUT2D eigenvalue weighted by atomic mass is 9.92. The van der Waals surface area contributed by atoms with Crippen molar-refractivity contribution in [2.45, 2.75) is 10.7 Å². The van der Waals surface area contributed by atoms with Crippen molar-refractivity contribution in [1.29, 1.82) is 0 Å². The molecule has 21 heavy (non-hydrogen) atoms. The molecule has 0 atom stereocenters. The molecule has 3 aromatic rings. The zero-order chi connectivity index (χ0) is 14.8. The van der Waals surface area contributed by atoms with Crippen LogP contribution < -0.4 is 0 Å². The van der Waals surface area contributed by atoms with Gasteiger partial charge in [-0.3, -0.25) is 0 Å². The minimum Gasteiger partial charge on any atom is -0.0876 e. The van der Waals surface area contributed by atoms with Crippen molar-refractivity contribution < 1.29 is 0 Å². The van der Waals surface area contributed by atoms with Crippen LogP contribution in [0.4, 0.5) is 0 Å². The van der Waals surface area contributed by atoms with Crippen LogP contribution in [0, 0.1) is 0 Å². The Hall–Kier alpha value is -0.640. The highest BCUT2D eigenvalue weighted by Gasteiger charge is 2.11. The zero-order valence-corrected chi connectivity index (χ0v) is 16.0. The fourth-order valence-corrected chi connectivity index (χ4v) is 4.07. The van der Waals surface area contributed by atoms with Crippen LogP contribution in [0.25, 0.3) is 21.9 Å². The number of hydrogen-bond acceptors (Lipinski definition) is 0. The van der Waals surface area contributed by atoms with Crippen LogP contribution in [0.5, 0.6) is 0 Å². The Morgan fingerprint density at radius 2 is 1.43 bits per heavy atom. The van der Waals surface area contributed by atoms with Crippen molar-refractivity contribution >= 4 is 58.6 Å². The maximum atomic E-state index is 3.63. The van der Waals surface area contributed by atoms with Gasteiger partial charge in [0.15, 0.2) is 0 Å². The van der Waals surface area contributed by atoms with Crippen LogP contribution in [0.2, 0.25) is 0 Å². The number of fused-ring (bicyclic) bond motifs is 1. The molecule has 3 aromatic carbocycles. The van der Waals surface area contributed by atoms with E-state index >= 15 is 0 Å². The second-order valence-corrected chi connectivity index (χ2v) is 6.92. The normalized spacial score (nSPS) is 11.0. The van der Waals surface area contributed by atoms with Gasteiger partial charge in [-0.25, -0.2) is 0 Å². The van der Waals surface area contributed by atoms with Gasteiger partial charge in [-0.2, -0.15) is 0 Å². The van der Waals surface area contributed by atoms with E-state index in [9.17, 15) is 0 Å². The van der Waals surface area contributed by atoms with E-state index in [0.29, 0.717) is 0 Å². The minimum absolute atomic E-state index is 0.863. The predicted molar refractivity (Wildman–Crippen MR) is 102 cm³/mol. The monoisotopic (exact) mass is 466 g/mol. The fourth-order valence-electron chi connectivity index (χ4n) is 2.64. The molecule has 106 valence electrons. The van der Waals surface area contributed by atoms with E-state index in [4.69, 9.17) is 0 Å². The molecular formula is C18H13Br3. The van der Waals surface area contributed by atoms with Crippen molar-refractivity contribution in [2.24, 2.45) is 0 Å². The second kappa shape index (κ2) is 6.64. The average molecular weight is 469 g/mol. The van der Waals surface area contributed by atoms with Gasteiger partial charge in [-0.15, -0.1) is 0 Å². The highest BCUT2D eigenvalue weighted by atomic mass is 79.9. The number of hydrogen-bond donors (Lipinski definition) is 0. The molecule has 0 fully saturated rings. The first kappa shape index (κ1) is 15.3. The van der Waals surface area contributed by atoms with Gasteiger partial charge in [0.25, 0.3) is 0 Å². The van der Waals surface area contributed by atoms with Gasteiger partial charge in [0.05, 0.1) is 0 Å². The van der Waals surface area contributed by atoms with Gasteiger partial charge in [-0.1, -0.05) is 84.2 Å². The summed E-state index contributed by atoms with van der Waals surface area (Å²) in [6.07, 6.45) is 0. The smallest absolute Gasteiger partial charge is 0.0292 e. The number of benzene rings is 3. The molecule has 0 nitrogen and oxygen atoms in total. The fraction of sp³-hybridized carbons (Fsp3) is 0.111. The Kier molecular flexibility index (Phi) is 4.82. The van der Waals surface area contributed by atoms with Crippen LogP contribution in [0.3, 0.4) is 0 Å². The van der Waals surface area contributed by atoms with Crippen LogP contribution in [-0.4, -0.2) is 0 Å². The Bertz CT molecular complexity index is 776. The molecule has 3 heteroatoms. The first-order chi connectivity index (χ1) is 10.2. The summed E-state index contributed by atoms with van der Waals surface area (Å²) in [6, 6.07) is 19.4. The lowest BCUT2D eigenvalue weighted by Gasteiger charge is -2.14. The predicted octanol–water partition coefficient (Wildman–Crippen LogP) is 7.06. The number of alkyl halides is 2. The number of rotatable bonds is 3. The molecule has 0 aliphatic carbocycles. The third kappa shape index (κ3) is 2.96. The molecular weight excluding hydrogens is 456 g/mol. The van der Waals surface area contributed by atoms with E-state index < -0.39 is 0 Å². The Morgan fingerprint density at radius 3 is 2.05 bits per heavy atom. The van der Waals surface area contributed by atoms with Crippen LogP contribution in [-0.2, 0) is 10.7 Å². The highest BCUT2D eigenvalue weighted by molar-refractivity contribution is 9.10. The van der Waals surface area contributed by atoms with Crippen molar-refractivity contribution in [3.05, 3.63) is 70.2 Å². The van der Waals surface area contributed by atoms with Crippen molar-refractivity contribution in [2.75, 3.05) is 0 Å². The standard InChI is InChI=1S/C18H13Br3/c19-10-13-9-17(12-5-7-14(21)8-6-12)15-3-1-2-4-16(15)18(13)11-20/h1-9H,10-11H2. The molecule has 0 heterocycles. The van der Waals surface area contributed by atoms with Gasteiger partial charge < -0.3 is 0 Å². The molecule has 0 saturated carbocycles. The zero-order valence-electron chi connectivity index (χ0n) is 11.2. The molecule has 0 aliphatic heterocycles. The van der Waals surface area contributed by atoms with Crippen LogP contribution >= 0.6 is 47.8 Å². The highest BCUT2D eigenvalue weighted by Crippen LogP contribution is 2.35. The SMILES string of the molecule is BrCc1cc(-c2ccc(Br)cc2)c2ccccc2c1CBr. The third-order valence-corrected chi connectivity index (χ3v) is 5.37. The van der Waals surface area contributed by atoms with Gasteiger partial charge in [-0.05, 0) is 51.2 Å². The summed E-state index contributed by atoms with van der Waals surface area (Å²) < 4.78 is 1.10. The summed E-state index contributed by atoms with van der Waals surface area (Å²) in [7, 11) is 0. The summed E-state index contributed by atoms with van der Waals surface area (Å²) in [5.74, 6) is 0. The molecule has 3 rings (SSSR count). The molecule has 0 bridgehead atoms. The van der Waals surface area contributed by atoms with E-state index in [-0.39, 0.29) is 0 Å². The van der Waals surface area contributed by atoms with Gasteiger partial charge >= 0.3 is 0 Å². The first-order valence-electron chi connectivity index (χ1n) is 6.66. The topological polar surface area (TPSA) is 0 Å². The quantitative estimate of drug-likeness (QED) is 0.361. The van der Waals surface area contributed by atoms with E-state index in [1.807, 2.05) is 0 Å². The lowest BCUT2D eigenvalue weighted by molar-refractivity contribution is 1.34. The molecule has 0 saturated heterocycles. The van der Waals surface area contributed by atoms with Crippen LogP contribution in [0.15, 0.2) is 59.1 Å². The summed E-state index contributed by atoms with van der Waals surface area (Å²) in [5, 5.41) is 4.36. The maximum absolute atomic E-state index is 3.63. The maximum Gasteiger partial charge on any atom is 0.0292 e. The van der Waals surface area contributed by atoms with Crippen LogP contribution in [0.1, 0.15) is 11.1 Å². The first-order valence-corrected chi connectivity index (χ1v) is 9.69. The van der Waals surface area contributed by atoms with E-state index in [1.165, 1.54) is 33.0 Å². The largest absolute Gasteiger partial charge is 0.0876 e. The minimum atomic E-state index is 0.863. The van der Waals surface area contributed by atoms with Crippen molar-refractivity contribution in [1.82, 2.24) is 0 Å². The molecule has 0 aromatic heterocycles. The van der Waals surface area contributed by atoms with Gasteiger partial charge in [0.1, 0.15) is 0 Å². The molecule has 0 unspecified atom stereocenters. The Labute approximate surface area is 150 Å². The van der Waals surface area contributed by atoms with Crippen molar-refractivity contribution in [3.63, 3.8) is 0 Å². The summed E-state index contributed by atoms with van der Waals surface area (Å²) >= 11 is 10.8. The van der Waals surface area contributed by atoms with E-state index in [1.54, 1.807) is 0 Å². The van der Waals surface area contributed by atoms with Gasteiger partial charge in [0.2, 0.25) is 0 Å². The average Bonchev–Trinajstić information content (AvgIpc) is 2.54. The molecule has 0 amide bonds.